The number of thiazole rings is 1. The maximum Gasteiger partial charge on any atom is 0.261 e. The van der Waals surface area contributed by atoms with Crippen LogP contribution in [0.25, 0.3) is 21.8 Å². The molecule has 0 atom stereocenters. The number of anilines is 1. The van der Waals surface area contributed by atoms with Crippen molar-refractivity contribution in [2.75, 3.05) is 11.3 Å². The van der Waals surface area contributed by atoms with E-state index in [0.29, 0.717) is 23.1 Å². The van der Waals surface area contributed by atoms with Crippen LogP contribution in [0.5, 0.6) is 5.75 Å². The van der Waals surface area contributed by atoms with Gasteiger partial charge in [0.1, 0.15) is 10.8 Å². The number of nitrogens with one attached hydrogen (secondary N) is 1. The zero-order valence-corrected chi connectivity index (χ0v) is 19.0. The number of nitrogens with zero attached hydrogens (tertiary/aromatic N) is 1. The van der Waals surface area contributed by atoms with Crippen LogP contribution >= 0.6 is 22.9 Å². The van der Waals surface area contributed by atoms with Crippen LogP contribution in [0.1, 0.15) is 6.92 Å². The Balaban J connectivity index is 1.48. The molecule has 8 heteroatoms. The second kappa shape index (κ2) is 9.09. The van der Waals surface area contributed by atoms with Gasteiger partial charge in [0.25, 0.3) is 10.0 Å². The van der Waals surface area contributed by atoms with E-state index in [9.17, 15) is 8.42 Å². The Kier molecular flexibility index (Phi) is 6.27. The minimum absolute atomic E-state index is 0.173. The first-order valence-electron chi connectivity index (χ1n) is 9.52. The molecule has 0 aliphatic rings. The molecule has 5 nitrogen and oxygen atoms in total. The lowest BCUT2D eigenvalue weighted by Crippen LogP contribution is -2.12. The van der Waals surface area contributed by atoms with Crippen molar-refractivity contribution in [2.24, 2.45) is 0 Å². The summed E-state index contributed by atoms with van der Waals surface area (Å²) in [7, 11) is -3.69. The largest absolute Gasteiger partial charge is 0.494 e. The van der Waals surface area contributed by atoms with Crippen molar-refractivity contribution in [1.29, 1.82) is 0 Å². The van der Waals surface area contributed by atoms with Gasteiger partial charge >= 0.3 is 0 Å². The molecule has 158 valence electrons. The highest BCUT2D eigenvalue weighted by molar-refractivity contribution is 7.92. The van der Waals surface area contributed by atoms with E-state index in [4.69, 9.17) is 16.3 Å². The van der Waals surface area contributed by atoms with E-state index in [0.717, 1.165) is 21.8 Å². The average Bonchev–Trinajstić information content (AvgIpc) is 3.25. The molecule has 4 rings (SSSR count). The molecule has 1 aromatic heterocycles. The molecule has 31 heavy (non-hydrogen) atoms. The highest BCUT2D eigenvalue weighted by Crippen LogP contribution is 2.30. The van der Waals surface area contributed by atoms with Gasteiger partial charge in [0.2, 0.25) is 0 Å². The van der Waals surface area contributed by atoms with Gasteiger partial charge in [-0.1, -0.05) is 35.9 Å². The SMILES string of the molecule is CCOc1ccc(S(=O)(=O)Nc2ccc(-c3csc(-c4ccc(Cl)cc4)n3)cc2)cc1. The Morgan fingerprint density at radius 1 is 0.935 bits per heavy atom. The molecular weight excluding hydrogens is 452 g/mol. The van der Waals surface area contributed by atoms with E-state index >= 15 is 0 Å². The highest BCUT2D eigenvalue weighted by Gasteiger charge is 2.14. The minimum atomic E-state index is -3.69. The fourth-order valence-electron chi connectivity index (χ4n) is 2.94. The van der Waals surface area contributed by atoms with Crippen molar-refractivity contribution in [2.45, 2.75) is 11.8 Å². The van der Waals surface area contributed by atoms with Crippen LogP contribution < -0.4 is 9.46 Å². The molecule has 0 saturated carbocycles. The van der Waals surface area contributed by atoms with Crippen LogP contribution in [0.2, 0.25) is 5.02 Å². The Hall–Kier alpha value is -2.87. The summed E-state index contributed by atoms with van der Waals surface area (Å²) in [6.07, 6.45) is 0. The van der Waals surface area contributed by atoms with Crippen LogP contribution in [0.15, 0.2) is 83.1 Å². The maximum absolute atomic E-state index is 12.6. The lowest BCUT2D eigenvalue weighted by Gasteiger charge is -2.09. The molecule has 1 N–H and O–H groups in total. The predicted molar refractivity (Wildman–Crippen MR) is 126 cm³/mol. The molecule has 0 amide bonds. The topological polar surface area (TPSA) is 68.3 Å². The molecule has 0 fully saturated rings. The van der Waals surface area contributed by atoms with E-state index in [1.807, 2.05) is 48.7 Å². The highest BCUT2D eigenvalue weighted by atomic mass is 35.5. The lowest BCUT2D eigenvalue weighted by atomic mass is 10.1. The summed E-state index contributed by atoms with van der Waals surface area (Å²) in [5, 5.41) is 3.55. The van der Waals surface area contributed by atoms with E-state index in [1.54, 1.807) is 35.6 Å². The fourth-order valence-corrected chi connectivity index (χ4v) is 4.96. The smallest absolute Gasteiger partial charge is 0.261 e. The van der Waals surface area contributed by atoms with E-state index in [2.05, 4.69) is 9.71 Å². The zero-order valence-electron chi connectivity index (χ0n) is 16.6. The van der Waals surface area contributed by atoms with Gasteiger partial charge < -0.3 is 4.74 Å². The van der Waals surface area contributed by atoms with Gasteiger partial charge in [-0.3, -0.25) is 4.72 Å². The minimum Gasteiger partial charge on any atom is -0.494 e. The van der Waals surface area contributed by atoms with Crippen molar-refractivity contribution in [3.63, 3.8) is 0 Å². The molecule has 1 heterocycles. The Labute approximate surface area is 190 Å². The van der Waals surface area contributed by atoms with Gasteiger partial charge in [-0.2, -0.15) is 0 Å². The summed E-state index contributed by atoms with van der Waals surface area (Å²) >= 11 is 7.49. The Morgan fingerprint density at radius 2 is 1.58 bits per heavy atom. The number of hydrogen-bond donors (Lipinski definition) is 1. The van der Waals surface area contributed by atoms with Gasteiger partial charge in [0.15, 0.2) is 0 Å². The third-order valence-electron chi connectivity index (χ3n) is 4.47. The zero-order chi connectivity index (χ0) is 21.8. The number of halogens is 1. The lowest BCUT2D eigenvalue weighted by molar-refractivity contribution is 0.340. The number of ether oxygens (including phenoxy) is 1. The number of aromatic nitrogens is 1. The number of hydrogen-bond acceptors (Lipinski definition) is 5. The fraction of sp³-hybridized carbons (Fsp3) is 0.0870. The summed E-state index contributed by atoms with van der Waals surface area (Å²) in [5.74, 6) is 0.632. The van der Waals surface area contributed by atoms with E-state index < -0.39 is 10.0 Å². The third kappa shape index (κ3) is 5.07. The number of sulfonamides is 1. The van der Waals surface area contributed by atoms with Gasteiger partial charge in [-0.25, -0.2) is 13.4 Å². The van der Waals surface area contributed by atoms with Crippen LogP contribution in [-0.2, 0) is 10.0 Å². The molecule has 0 aliphatic heterocycles. The molecule has 0 aliphatic carbocycles. The van der Waals surface area contributed by atoms with Crippen molar-refractivity contribution < 1.29 is 13.2 Å². The van der Waals surface area contributed by atoms with Crippen molar-refractivity contribution in [3.8, 4) is 27.6 Å². The summed E-state index contributed by atoms with van der Waals surface area (Å²) in [5.41, 5.74) is 3.21. The van der Waals surface area contributed by atoms with E-state index in [-0.39, 0.29) is 4.90 Å². The van der Waals surface area contributed by atoms with Crippen molar-refractivity contribution in [1.82, 2.24) is 4.98 Å². The van der Waals surface area contributed by atoms with Gasteiger partial charge in [0, 0.05) is 27.2 Å². The van der Waals surface area contributed by atoms with Gasteiger partial charge in [0.05, 0.1) is 17.2 Å². The van der Waals surface area contributed by atoms with Crippen molar-refractivity contribution >= 4 is 38.6 Å². The molecule has 0 bridgehead atoms. The summed E-state index contributed by atoms with van der Waals surface area (Å²) in [4.78, 5) is 4.85. The molecule has 4 aromatic rings. The summed E-state index contributed by atoms with van der Waals surface area (Å²) in [6.45, 7) is 2.40. The Bertz CT molecular complexity index is 1270. The molecule has 0 radical (unpaired) electrons. The standard InChI is InChI=1S/C23H19ClN2O3S2/c1-2-29-20-11-13-21(14-12-20)31(27,28)26-19-9-5-16(6-10-19)22-15-30-23(25-22)17-3-7-18(24)8-4-17/h3-15,26H,2H2,1H3. The Morgan fingerprint density at radius 3 is 2.23 bits per heavy atom. The third-order valence-corrected chi connectivity index (χ3v) is 7.01. The molecular formula is C23H19ClN2O3S2. The van der Waals surface area contributed by atoms with E-state index in [1.165, 1.54) is 12.1 Å². The summed E-state index contributed by atoms with van der Waals surface area (Å²) < 4.78 is 33.2. The van der Waals surface area contributed by atoms with Crippen LogP contribution in [0.4, 0.5) is 5.69 Å². The quantitative estimate of drug-likeness (QED) is 0.342. The first kappa shape index (κ1) is 21.4. The molecule has 3 aromatic carbocycles. The average molecular weight is 471 g/mol. The molecule has 0 unspecified atom stereocenters. The molecule has 0 spiro atoms. The second-order valence-electron chi connectivity index (χ2n) is 6.63. The van der Waals surface area contributed by atoms with Gasteiger partial charge in [-0.15, -0.1) is 11.3 Å². The predicted octanol–water partition coefficient (Wildman–Crippen LogP) is 6.33. The van der Waals surface area contributed by atoms with Crippen molar-refractivity contribution in [3.05, 3.63) is 83.2 Å². The number of benzene rings is 3. The van der Waals surface area contributed by atoms with Crippen LogP contribution in [0, 0.1) is 0 Å². The summed E-state index contributed by atoms with van der Waals surface area (Å²) in [6, 6.07) is 21.0. The normalized spacial score (nSPS) is 11.3. The van der Waals surface area contributed by atoms with Crippen LogP contribution in [0.3, 0.4) is 0 Å². The maximum atomic E-state index is 12.6. The number of rotatable bonds is 7. The van der Waals surface area contributed by atoms with Crippen LogP contribution in [-0.4, -0.2) is 20.0 Å². The second-order valence-corrected chi connectivity index (χ2v) is 9.61. The van der Waals surface area contributed by atoms with Gasteiger partial charge in [-0.05, 0) is 55.5 Å². The first-order chi connectivity index (χ1) is 14.9. The molecule has 0 saturated heterocycles. The monoisotopic (exact) mass is 470 g/mol. The first-order valence-corrected chi connectivity index (χ1v) is 12.3.